The average molecular weight is 457 g/mol. The van der Waals surface area contributed by atoms with Crippen LogP contribution in [0.2, 0.25) is 0 Å². The van der Waals surface area contributed by atoms with Gasteiger partial charge in [-0.05, 0) is 26.2 Å². The van der Waals surface area contributed by atoms with Crippen LogP contribution in [0.5, 0.6) is 0 Å². The van der Waals surface area contributed by atoms with Gasteiger partial charge >= 0.3 is 29.6 Å². The molecule has 2 atom stereocenters. The number of rotatable bonds is 22. The van der Waals surface area contributed by atoms with Gasteiger partial charge in [-0.1, -0.05) is 116 Å². The Balaban J connectivity index is 0. The van der Waals surface area contributed by atoms with Gasteiger partial charge in [-0.15, -0.1) is 0 Å². The first-order valence-corrected chi connectivity index (χ1v) is 14.0. The maximum Gasteiger partial charge on any atom is 1.00 e. The van der Waals surface area contributed by atoms with Gasteiger partial charge < -0.3 is 9.66 Å². The standard InChI is InChI=1S/C24H50O4S.Na/c1-3-4-5-18-21-24(25)22-19-16-14-12-10-8-6-7-9-11-13-15-17-20-23(2)29(26,27)28;/h23-25H,3-22H2,1-2H3,(H,26,27,28);/q;+1/p-1. The summed E-state index contributed by atoms with van der Waals surface area (Å²) in [4.78, 5) is 0. The molecule has 2 unspecified atom stereocenters. The van der Waals surface area contributed by atoms with Crippen LogP contribution in [0, 0.1) is 0 Å². The Hall–Kier alpha value is 0.870. The second-order valence-corrected chi connectivity index (χ2v) is 10.8. The fraction of sp³-hybridized carbons (Fsp3) is 1.00. The second-order valence-electron chi connectivity index (χ2n) is 8.98. The van der Waals surface area contributed by atoms with Crippen LogP contribution in [0.4, 0.5) is 0 Å². The first-order valence-electron chi connectivity index (χ1n) is 12.5. The fourth-order valence-electron chi connectivity index (χ4n) is 3.85. The molecule has 0 amide bonds. The van der Waals surface area contributed by atoms with Crippen molar-refractivity contribution in [2.75, 3.05) is 0 Å². The first-order chi connectivity index (χ1) is 13.9. The fourth-order valence-corrected chi connectivity index (χ4v) is 4.31. The maximum absolute atomic E-state index is 10.8. The van der Waals surface area contributed by atoms with Crippen LogP contribution >= 0.6 is 0 Å². The molecule has 30 heavy (non-hydrogen) atoms. The molecule has 0 saturated carbocycles. The molecule has 0 rings (SSSR count). The van der Waals surface area contributed by atoms with Crippen molar-refractivity contribution in [1.29, 1.82) is 0 Å². The van der Waals surface area contributed by atoms with Crippen molar-refractivity contribution in [1.82, 2.24) is 0 Å². The molecule has 0 aliphatic rings. The minimum Gasteiger partial charge on any atom is -0.748 e. The van der Waals surface area contributed by atoms with Crippen molar-refractivity contribution in [3.05, 3.63) is 0 Å². The van der Waals surface area contributed by atoms with Crippen LogP contribution in [0.3, 0.4) is 0 Å². The minimum atomic E-state index is -4.09. The van der Waals surface area contributed by atoms with E-state index in [1.807, 2.05) is 0 Å². The summed E-state index contributed by atoms with van der Waals surface area (Å²) in [5.74, 6) is 0. The topological polar surface area (TPSA) is 77.4 Å². The van der Waals surface area contributed by atoms with E-state index in [2.05, 4.69) is 6.92 Å². The van der Waals surface area contributed by atoms with E-state index >= 15 is 0 Å². The molecular formula is C24H49NaO4S. The van der Waals surface area contributed by atoms with Crippen LogP contribution in [-0.4, -0.2) is 29.4 Å². The van der Waals surface area contributed by atoms with Gasteiger partial charge in [0.15, 0.2) is 0 Å². The molecule has 176 valence electrons. The summed E-state index contributed by atoms with van der Waals surface area (Å²) >= 11 is 0. The Bertz CT molecular complexity index is 442. The predicted molar refractivity (Wildman–Crippen MR) is 123 cm³/mol. The van der Waals surface area contributed by atoms with Gasteiger partial charge in [-0.25, -0.2) is 8.42 Å². The molecule has 0 aliphatic carbocycles. The quantitative estimate of drug-likeness (QED) is 0.151. The zero-order valence-electron chi connectivity index (χ0n) is 20.4. The van der Waals surface area contributed by atoms with Crippen molar-refractivity contribution in [3.8, 4) is 0 Å². The summed E-state index contributed by atoms with van der Waals surface area (Å²) in [6, 6.07) is 0. The third kappa shape index (κ3) is 23.5. The SMILES string of the molecule is CCCCCCC(O)CCCCCCCCCCCCCCCC(C)S(=O)(=O)[O-].[Na+]. The summed E-state index contributed by atoms with van der Waals surface area (Å²) in [6.45, 7) is 3.74. The van der Waals surface area contributed by atoms with E-state index in [4.69, 9.17) is 0 Å². The van der Waals surface area contributed by atoms with Gasteiger partial charge in [-0.3, -0.25) is 0 Å². The summed E-state index contributed by atoms with van der Waals surface area (Å²) in [7, 11) is -4.09. The largest absolute Gasteiger partial charge is 1.00 e. The molecule has 1 N–H and O–H groups in total. The molecule has 4 nitrogen and oxygen atoms in total. The monoisotopic (exact) mass is 456 g/mol. The molecule has 0 aromatic rings. The molecule has 0 heterocycles. The zero-order valence-corrected chi connectivity index (χ0v) is 23.2. The minimum absolute atomic E-state index is 0. The summed E-state index contributed by atoms with van der Waals surface area (Å²) in [5, 5.41) is 9.23. The van der Waals surface area contributed by atoms with Crippen LogP contribution in [0.25, 0.3) is 0 Å². The molecule has 0 fully saturated rings. The van der Waals surface area contributed by atoms with Crippen LogP contribution in [0.15, 0.2) is 0 Å². The number of aliphatic hydroxyl groups is 1. The average Bonchev–Trinajstić information content (AvgIpc) is 2.67. The smallest absolute Gasteiger partial charge is 0.748 e. The van der Waals surface area contributed by atoms with Gasteiger partial charge in [0, 0.05) is 5.25 Å². The molecule has 0 aromatic heterocycles. The summed E-state index contributed by atoms with van der Waals surface area (Å²) < 4.78 is 32.4. The molecule has 0 bridgehead atoms. The predicted octanol–water partition coefficient (Wildman–Crippen LogP) is 4.11. The number of unbranched alkanes of at least 4 members (excludes halogenated alkanes) is 15. The van der Waals surface area contributed by atoms with E-state index in [0.717, 1.165) is 32.1 Å². The van der Waals surface area contributed by atoms with E-state index in [-0.39, 0.29) is 35.7 Å². The Morgan fingerprint density at radius 3 is 1.27 bits per heavy atom. The molecule has 0 aliphatic heterocycles. The third-order valence-electron chi connectivity index (χ3n) is 6.03. The van der Waals surface area contributed by atoms with Crippen molar-refractivity contribution in [3.63, 3.8) is 0 Å². The molecule has 0 saturated heterocycles. The van der Waals surface area contributed by atoms with E-state index < -0.39 is 15.4 Å². The van der Waals surface area contributed by atoms with Crippen LogP contribution in [0.1, 0.15) is 142 Å². The van der Waals surface area contributed by atoms with Crippen LogP contribution in [-0.2, 0) is 10.1 Å². The number of hydrogen-bond acceptors (Lipinski definition) is 4. The maximum atomic E-state index is 10.8. The van der Waals surface area contributed by atoms with E-state index in [1.54, 1.807) is 0 Å². The van der Waals surface area contributed by atoms with Crippen molar-refractivity contribution < 1.29 is 47.6 Å². The number of hydrogen-bond donors (Lipinski definition) is 1. The van der Waals surface area contributed by atoms with Gasteiger partial charge in [0.25, 0.3) is 0 Å². The van der Waals surface area contributed by atoms with E-state index in [9.17, 15) is 18.1 Å². The molecule has 0 radical (unpaired) electrons. The Labute approximate surface area is 210 Å². The van der Waals surface area contributed by atoms with Gasteiger partial charge in [0.05, 0.1) is 16.2 Å². The Kier molecular flexibility index (Phi) is 25.4. The second kappa shape index (κ2) is 23.0. The summed E-state index contributed by atoms with van der Waals surface area (Å²) in [5.41, 5.74) is 0. The van der Waals surface area contributed by atoms with Crippen molar-refractivity contribution >= 4 is 10.1 Å². The third-order valence-corrected chi connectivity index (χ3v) is 7.25. The normalized spacial score (nSPS) is 13.7. The first kappa shape index (κ1) is 33.0. The zero-order chi connectivity index (χ0) is 21.8. The Morgan fingerprint density at radius 1 is 0.633 bits per heavy atom. The van der Waals surface area contributed by atoms with Gasteiger partial charge in [-0.2, -0.15) is 0 Å². The molecular weight excluding hydrogens is 407 g/mol. The Morgan fingerprint density at radius 2 is 0.933 bits per heavy atom. The van der Waals surface area contributed by atoms with Crippen molar-refractivity contribution in [2.24, 2.45) is 0 Å². The van der Waals surface area contributed by atoms with Crippen LogP contribution < -0.4 is 29.6 Å². The summed E-state index contributed by atoms with van der Waals surface area (Å²) in [6.07, 6.45) is 23.3. The molecule has 6 heteroatoms. The van der Waals surface area contributed by atoms with E-state index in [1.165, 1.54) is 96.8 Å². The molecule has 0 spiro atoms. The van der Waals surface area contributed by atoms with E-state index in [0.29, 0.717) is 6.42 Å². The molecule has 0 aromatic carbocycles. The van der Waals surface area contributed by atoms with Gasteiger partial charge in [0.1, 0.15) is 0 Å². The number of aliphatic hydroxyl groups excluding tert-OH is 1. The van der Waals surface area contributed by atoms with Gasteiger partial charge in [0.2, 0.25) is 0 Å². The van der Waals surface area contributed by atoms with Crippen molar-refractivity contribution in [2.45, 2.75) is 154 Å².